The molecule has 22 heavy (non-hydrogen) atoms. The van der Waals surface area contributed by atoms with E-state index in [4.69, 9.17) is 5.26 Å². The van der Waals surface area contributed by atoms with Crippen LogP contribution in [0.1, 0.15) is 36.0 Å². The minimum absolute atomic E-state index is 0.533. The van der Waals surface area contributed by atoms with Gasteiger partial charge in [0, 0.05) is 0 Å². The summed E-state index contributed by atoms with van der Waals surface area (Å²) in [5, 5.41) is 11.6. The fourth-order valence-electron chi connectivity index (χ4n) is 2.44. The van der Waals surface area contributed by atoms with Crippen molar-refractivity contribution in [1.82, 2.24) is 5.32 Å². The second kappa shape index (κ2) is 6.52. The van der Waals surface area contributed by atoms with Gasteiger partial charge in [-0.3, -0.25) is 4.79 Å². The number of nitriles is 1. The van der Waals surface area contributed by atoms with E-state index in [1.165, 1.54) is 0 Å². The van der Waals surface area contributed by atoms with Crippen molar-refractivity contribution in [3.63, 3.8) is 0 Å². The summed E-state index contributed by atoms with van der Waals surface area (Å²) in [4.78, 5) is 23.4. The SMILES string of the molecule is N#CC1(NC(=O)COC(=O)c2c(F)cccc2F)CCCC1. The average molecular weight is 308 g/mol. The number of nitrogens with zero attached hydrogens (tertiary/aromatic N) is 1. The molecule has 116 valence electrons. The fraction of sp³-hybridized carbons (Fsp3) is 0.400. The van der Waals surface area contributed by atoms with Gasteiger partial charge in [0.25, 0.3) is 5.91 Å². The summed E-state index contributed by atoms with van der Waals surface area (Å²) in [6, 6.07) is 5.01. The van der Waals surface area contributed by atoms with Crippen molar-refractivity contribution in [2.24, 2.45) is 0 Å². The van der Waals surface area contributed by atoms with Gasteiger partial charge in [-0.25, -0.2) is 13.6 Å². The number of hydrogen-bond acceptors (Lipinski definition) is 4. The molecule has 0 atom stereocenters. The van der Waals surface area contributed by atoms with Gasteiger partial charge in [-0.1, -0.05) is 6.07 Å². The molecule has 1 aliphatic carbocycles. The van der Waals surface area contributed by atoms with Crippen LogP contribution in [0, 0.1) is 23.0 Å². The average Bonchev–Trinajstić information content (AvgIpc) is 2.94. The van der Waals surface area contributed by atoms with Crippen LogP contribution in [0.25, 0.3) is 0 Å². The lowest BCUT2D eigenvalue weighted by molar-refractivity contribution is -0.125. The summed E-state index contributed by atoms with van der Waals surface area (Å²) < 4.78 is 31.4. The van der Waals surface area contributed by atoms with E-state index < -0.39 is 41.2 Å². The molecule has 1 saturated carbocycles. The highest BCUT2D eigenvalue weighted by Gasteiger charge is 2.35. The Bertz CT molecular complexity index is 614. The third-order valence-electron chi connectivity index (χ3n) is 3.55. The van der Waals surface area contributed by atoms with Crippen molar-refractivity contribution in [2.75, 3.05) is 6.61 Å². The molecule has 1 aromatic carbocycles. The molecule has 7 heteroatoms. The molecule has 1 N–H and O–H groups in total. The van der Waals surface area contributed by atoms with Crippen LogP contribution in [-0.2, 0) is 9.53 Å². The van der Waals surface area contributed by atoms with Crippen LogP contribution in [0.5, 0.6) is 0 Å². The largest absolute Gasteiger partial charge is 0.452 e. The normalized spacial score (nSPS) is 15.9. The van der Waals surface area contributed by atoms with E-state index in [9.17, 15) is 18.4 Å². The molecule has 0 heterocycles. The molecule has 5 nitrogen and oxygen atoms in total. The Morgan fingerprint density at radius 2 is 1.86 bits per heavy atom. The Morgan fingerprint density at radius 1 is 1.27 bits per heavy atom. The van der Waals surface area contributed by atoms with E-state index in [-0.39, 0.29) is 0 Å². The molecule has 0 unspecified atom stereocenters. The molecular formula is C15H14F2N2O3. The second-order valence-electron chi connectivity index (χ2n) is 5.12. The standard InChI is InChI=1S/C15H14F2N2O3/c16-10-4-3-5-11(17)13(10)14(21)22-8-12(20)19-15(9-18)6-1-2-7-15/h3-5H,1-2,6-8H2,(H,19,20). The van der Waals surface area contributed by atoms with Crippen LogP contribution in [0.15, 0.2) is 18.2 Å². The van der Waals surface area contributed by atoms with Crippen LogP contribution >= 0.6 is 0 Å². The molecule has 0 bridgehead atoms. The van der Waals surface area contributed by atoms with E-state index in [0.29, 0.717) is 12.8 Å². The fourth-order valence-corrected chi connectivity index (χ4v) is 2.44. The molecule has 1 fully saturated rings. The van der Waals surface area contributed by atoms with Crippen molar-refractivity contribution in [1.29, 1.82) is 5.26 Å². The quantitative estimate of drug-likeness (QED) is 0.864. The number of hydrogen-bond donors (Lipinski definition) is 1. The minimum atomic E-state index is -1.26. The number of halogens is 2. The van der Waals surface area contributed by atoms with E-state index in [1.807, 2.05) is 0 Å². The molecule has 1 aliphatic rings. The first-order chi connectivity index (χ1) is 10.5. The van der Waals surface area contributed by atoms with Gasteiger partial charge in [-0.2, -0.15) is 5.26 Å². The molecular weight excluding hydrogens is 294 g/mol. The lowest BCUT2D eigenvalue weighted by Gasteiger charge is -2.21. The van der Waals surface area contributed by atoms with Gasteiger partial charge in [0.1, 0.15) is 22.7 Å². The van der Waals surface area contributed by atoms with Crippen molar-refractivity contribution in [2.45, 2.75) is 31.2 Å². The lowest BCUT2D eigenvalue weighted by atomic mass is 10.00. The first-order valence-electron chi connectivity index (χ1n) is 6.81. The van der Waals surface area contributed by atoms with E-state index in [2.05, 4.69) is 16.1 Å². The van der Waals surface area contributed by atoms with Crippen LogP contribution in [0.3, 0.4) is 0 Å². The Hall–Kier alpha value is -2.49. The topological polar surface area (TPSA) is 79.2 Å². The summed E-state index contributed by atoms with van der Waals surface area (Å²) in [5.41, 5.74) is -1.78. The maximum absolute atomic E-state index is 13.4. The second-order valence-corrected chi connectivity index (χ2v) is 5.12. The predicted molar refractivity (Wildman–Crippen MR) is 71.6 cm³/mol. The third-order valence-corrected chi connectivity index (χ3v) is 3.55. The van der Waals surface area contributed by atoms with E-state index in [0.717, 1.165) is 31.0 Å². The van der Waals surface area contributed by atoms with Crippen LogP contribution in [0.4, 0.5) is 8.78 Å². The van der Waals surface area contributed by atoms with Crippen molar-refractivity contribution in [3.05, 3.63) is 35.4 Å². The van der Waals surface area contributed by atoms with E-state index in [1.54, 1.807) is 0 Å². The summed E-state index contributed by atoms with van der Waals surface area (Å²) >= 11 is 0. The molecule has 1 amide bonds. The van der Waals surface area contributed by atoms with Crippen LogP contribution < -0.4 is 5.32 Å². The van der Waals surface area contributed by atoms with Gasteiger partial charge in [0.05, 0.1) is 6.07 Å². The van der Waals surface area contributed by atoms with Crippen molar-refractivity contribution >= 4 is 11.9 Å². The molecule has 0 aromatic heterocycles. The number of carbonyl (C=O) groups excluding carboxylic acids is 2. The molecule has 1 aromatic rings. The van der Waals surface area contributed by atoms with Crippen LogP contribution in [0.2, 0.25) is 0 Å². The highest BCUT2D eigenvalue weighted by Crippen LogP contribution is 2.28. The van der Waals surface area contributed by atoms with Gasteiger partial charge >= 0.3 is 5.97 Å². The van der Waals surface area contributed by atoms with Gasteiger partial charge in [0.15, 0.2) is 6.61 Å². The number of carbonyl (C=O) groups is 2. The lowest BCUT2D eigenvalue weighted by Crippen LogP contribution is -2.46. The summed E-state index contributed by atoms with van der Waals surface area (Å²) in [6.07, 6.45) is 2.72. The Labute approximate surface area is 125 Å². The molecule has 0 saturated heterocycles. The molecule has 0 aliphatic heterocycles. The minimum Gasteiger partial charge on any atom is -0.452 e. The maximum Gasteiger partial charge on any atom is 0.344 e. The number of amides is 1. The first kappa shape index (κ1) is 15.9. The number of ether oxygens (including phenoxy) is 1. The predicted octanol–water partition coefficient (Wildman–Crippen LogP) is 2.07. The molecule has 0 radical (unpaired) electrons. The van der Waals surface area contributed by atoms with Gasteiger partial charge < -0.3 is 10.1 Å². The summed E-state index contributed by atoms with van der Waals surface area (Å²) in [5.74, 6) is -4.05. The Kier molecular flexibility index (Phi) is 4.71. The number of esters is 1. The summed E-state index contributed by atoms with van der Waals surface area (Å²) in [6.45, 7) is -0.698. The van der Waals surface area contributed by atoms with Gasteiger partial charge in [-0.15, -0.1) is 0 Å². The highest BCUT2D eigenvalue weighted by atomic mass is 19.1. The van der Waals surface area contributed by atoms with Crippen molar-refractivity contribution < 1.29 is 23.1 Å². The Morgan fingerprint density at radius 3 is 2.41 bits per heavy atom. The van der Waals surface area contributed by atoms with Gasteiger partial charge in [0.2, 0.25) is 0 Å². The smallest absolute Gasteiger partial charge is 0.344 e. The monoisotopic (exact) mass is 308 g/mol. The number of benzene rings is 1. The number of rotatable bonds is 4. The zero-order chi connectivity index (χ0) is 16.2. The highest BCUT2D eigenvalue weighted by molar-refractivity contribution is 5.92. The zero-order valence-electron chi connectivity index (χ0n) is 11.7. The zero-order valence-corrected chi connectivity index (χ0v) is 11.7. The van der Waals surface area contributed by atoms with Crippen molar-refractivity contribution in [3.8, 4) is 6.07 Å². The molecule has 0 spiro atoms. The summed E-state index contributed by atoms with van der Waals surface area (Å²) in [7, 11) is 0. The Balaban J connectivity index is 1.94. The first-order valence-corrected chi connectivity index (χ1v) is 6.81. The molecule has 2 rings (SSSR count). The maximum atomic E-state index is 13.4. The number of nitrogens with one attached hydrogen (secondary N) is 1. The van der Waals surface area contributed by atoms with E-state index >= 15 is 0 Å². The van der Waals surface area contributed by atoms with Gasteiger partial charge in [-0.05, 0) is 37.8 Å². The third kappa shape index (κ3) is 3.39. The van der Waals surface area contributed by atoms with Crippen LogP contribution in [-0.4, -0.2) is 24.0 Å².